The lowest BCUT2D eigenvalue weighted by Crippen LogP contribution is -2.70. The highest BCUT2D eigenvalue weighted by atomic mass is 14.9. The van der Waals surface area contributed by atoms with Gasteiger partial charge in [0.25, 0.3) is 0 Å². The molecule has 0 atom stereocenters. The van der Waals surface area contributed by atoms with E-state index in [1.54, 1.807) is 0 Å². The molecule has 0 heterocycles. The zero-order valence-electron chi connectivity index (χ0n) is 18.2. The minimum atomic E-state index is 0.215. The number of quaternary nitrogens is 1. The van der Waals surface area contributed by atoms with Crippen LogP contribution in [-0.2, 0) is 10.8 Å². The molecule has 2 aromatic carbocycles. The van der Waals surface area contributed by atoms with Gasteiger partial charge in [0, 0.05) is 0 Å². The number of rotatable bonds is 2. The van der Waals surface area contributed by atoms with Crippen LogP contribution in [-0.4, -0.2) is 0 Å². The van der Waals surface area contributed by atoms with Gasteiger partial charge in [-0.05, 0) is 46.2 Å². The third kappa shape index (κ3) is 7.88. The van der Waals surface area contributed by atoms with Crippen LogP contribution >= 0.6 is 0 Å². The summed E-state index contributed by atoms with van der Waals surface area (Å²) in [4.78, 5) is 0. The number of hydrogen-bond acceptors (Lipinski definition) is 0. The molecule has 0 saturated carbocycles. The Kier molecular flexibility index (Phi) is 9.74. The summed E-state index contributed by atoms with van der Waals surface area (Å²) in [5.41, 5.74) is 5.70. The Balaban J connectivity index is 0.00000134. The summed E-state index contributed by atoms with van der Waals surface area (Å²) >= 11 is 0. The number of hydrogen-bond donors (Lipinski definition) is 1. The topological polar surface area (TPSA) is 16.6 Å². The van der Waals surface area contributed by atoms with Crippen LogP contribution in [0.1, 0.15) is 80.4 Å². The van der Waals surface area contributed by atoms with Crippen LogP contribution in [0.5, 0.6) is 0 Å². The van der Waals surface area contributed by atoms with Crippen LogP contribution in [0.25, 0.3) is 0 Å². The molecule has 0 aliphatic rings. The van der Waals surface area contributed by atoms with Crippen molar-refractivity contribution in [2.24, 2.45) is 0 Å². The monoisotopic (exact) mass is 342 g/mol. The highest BCUT2D eigenvalue weighted by molar-refractivity contribution is 5.40. The van der Waals surface area contributed by atoms with Crippen LogP contribution in [0.4, 0.5) is 11.4 Å². The molecule has 2 aromatic rings. The summed E-state index contributed by atoms with van der Waals surface area (Å²) in [5, 5.41) is 2.24. The molecule has 25 heavy (non-hydrogen) atoms. The Labute approximate surface area is 156 Å². The standard InChI is InChI=1S/C20H27N.2C2H6/c1-19(2,3)15-7-11-17(12-8-15)21-18-13-9-16(10-14-18)20(4,5)6;2*1-2/h7-14,21H,1-6H3;2*1-2H3/p+1. The van der Waals surface area contributed by atoms with E-state index in [4.69, 9.17) is 0 Å². The second kappa shape index (κ2) is 10.4. The van der Waals surface area contributed by atoms with Crippen molar-refractivity contribution >= 4 is 11.4 Å². The molecular weight excluding hydrogens is 302 g/mol. The highest BCUT2D eigenvalue weighted by Crippen LogP contribution is 2.24. The van der Waals surface area contributed by atoms with E-state index in [2.05, 4.69) is 95.4 Å². The van der Waals surface area contributed by atoms with Gasteiger partial charge in [0.2, 0.25) is 0 Å². The van der Waals surface area contributed by atoms with Gasteiger partial charge >= 0.3 is 0 Å². The number of benzene rings is 2. The van der Waals surface area contributed by atoms with Crippen LogP contribution in [0.3, 0.4) is 0 Å². The Morgan fingerprint density at radius 3 is 0.920 bits per heavy atom. The first-order valence-electron chi connectivity index (χ1n) is 9.72. The van der Waals surface area contributed by atoms with Crippen molar-refractivity contribution in [3.63, 3.8) is 0 Å². The molecule has 0 fully saturated rings. The summed E-state index contributed by atoms with van der Waals surface area (Å²) in [6.07, 6.45) is 0. The molecule has 2 N–H and O–H groups in total. The van der Waals surface area contributed by atoms with Crippen molar-refractivity contribution in [3.05, 3.63) is 59.7 Å². The van der Waals surface area contributed by atoms with Crippen LogP contribution < -0.4 is 5.32 Å². The van der Waals surface area contributed by atoms with Crippen molar-refractivity contribution in [2.45, 2.75) is 80.1 Å². The van der Waals surface area contributed by atoms with Gasteiger partial charge in [0.1, 0.15) is 11.4 Å². The fourth-order valence-electron chi connectivity index (χ4n) is 2.35. The van der Waals surface area contributed by atoms with Crippen LogP contribution in [0.15, 0.2) is 48.5 Å². The molecule has 0 aromatic heterocycles. The highest BCUT2D eigenvalue weighted by Gasteiger charge is 2.15. The Hall–Kier alpha value is -1.60. The van der Waals surface area contributed by atoms with Gasteiger partial charge < -0.3 is 0 Å². The van der Waals surface area contributed by atoms with Gasteiger partial charge in [-0.2, -0.15) is 0 Å². The zero-order chi connectivity index (χ0) is 19.7. The molecular formula is C24H40N+. The van der Waals surface area contributed by atoms with Crippen molar-refractivity contribution < 1.29 is 5.32 Å². The normalized spacial score (nSPS) is 11.0. The van der Waals surface area contributed by atoms with Crippen molar-refractivity contribution in [2.75, 3.05) is 0 Å². The third-order valence-corrected chi connectivity index (χ3v) is 3.89. The molecule has 0 radical (unpaired) electrons. The molecule has 0 bridgehead atoms. The second-order valence-electron chi connectivity index (χ2n) is 7.89. The van der Waals surface area contributed by atoms with Crippen LogP contribution in [0.2, 0.25) is 0 Å². The largest absolute Gasteiger partial charge is 0.282 e. The fourth-order valence-corrected chi connectivity index (χ4v) is 2.35. The maximum absolute atomic E-state index is 2.25. The first-order valence-corrected chi connectivity index (χ1v) is 9.72. The quantitative estimate of drug-likeness (QED) is 0.574. The van der Waals surface area contributed by atoms with E-state index in [0.717, 1.165) is 0 Å². The molecule has 0 spiro atoms. The minimum Gasteiger partial charge on any atom is -0.282 e. The van der Waals surface area contributed by atoms with E-state index >= 15 is 0 Å². The SMILES string of the molecule is CC.CC.CC(C)(C)c1ccc([NH2+]c2ccc(C(C)(C)C)cc2)cc1. The molecule has 0 unspecified atom stereocenters. The molecule has 2 rings (SSSR count). The van der Waals surface area contributed by atoms with E-state index in [9.17, 15) is 0 Å². The van der Waals surface area contributed by atoms with Crippen molar-refractivity contribution in [3.8, 4) is 0 Å². The van der Waals surface area contributed by atoms with Gasteiger partial charge in [0.15, 0.2) is 0 Å². The Morgan fingerprint density at radius 2 is 0.720 bits per heavy atom. The van der Waals surface area contributed by atoms with E-state index in [1.807, 2.05) is 27.7 Å². The molecule has 140 valence electrons. The van der Waals surface area contributed by atoms with Crippen molar-refractivity contribution in [1.29, 1.82) is 0 Å². The lowest BCUT2D eigenvalue weighted by Gasteiger charge is -2.19. The minimum absolute atomic E-state index is 0.215. The molecule has 0 saturated heterocycles. The van der Waals surface area contributed by atoms with Gasteiger partial charge in [-0.25, -0.2) is 0 Å². The average molecular weight is 343 g/mol. The predicted molar refractivity (Wildman–Crippen MR) is 114 cm³/mol. The molecule has 0 aliphatic carbocycles. The summed E-state index contributed by atoms with van der Waals surface area (Å²) in [6, 6.07) is 17.8. The molecule has 0 amide bonds. The zero-order valence-corrected chi connectivity index (χ0v) is 18.2. The first kappa shape index (κ1) is 23.4. The van der Waals surface area contributed by atoms with Crippen molar-refractivity contribution in [1.82, 2.24) is 0 Å². The third-order valence-electron chi connectivity index (χ3n) is 3.89. The summed E-state index contributed by atoms with van der Waals surface area (Å²) in [7, 11) is 0. The summed E-state index contributed by atoms with van der Waals surface area (Å²) < 4.78 is 0. The van der Waals surface area contributed by atoms with Gasteiger partial charge in [-0.3, -0.25) is 5.32 Å². The lowest BCUT2D eigenvalue weighted by molar-refractivity contribution is -0.478. The Morgan fingerprint density at radius 1 is 0.480 bits per heavy atom. The fraction of sp³-hybridized carbons (Fsp3) is 0.500. The van der Waals surface area contributed by atoms with E-state index in [0.29, 0.717) is 0 Å². The smallest absolute Gasteiger partial charge is 0.134 e. The van der Waals surface area contributed by atoms with Gasteiger partial charge in [0.05, 0.1) is 0 Å². The van der Waals surface area contributed by atoms with Gasteiger partial charge in [-0.15, -0.1) is 0 Å². The average Bonchev–Trinajstić information content (AvgIpc) is 2.58. The molecule has 0 aliphatic heterocycles. The predicted octanol–water partition coefficient (Wildman–Crippen LogP) is 6.86. The van der Waals surface area contributed by atoms with Gasteiger partial charge in [-0.1, -0.05) is 93.5 Å². The molecule has 1 nitrogen and oxygen atoms in total. The Bertz CT molecular complexity index is 522. The maximum atomic E-state index is 2.25. The molecule has 1 heteroatoms. The second-order valence-corrected chi connectivity index (χ2v) is 7.89. The summed E-state index contributed by atoms with van der Waals surface area (Å²) in [6.45, 7) is 21.5. The summed E-state index contributed by atoms with van der Waals surface area (Å²) in [5.74, 6) is 0. The van der Waals surface area contributed by atoms with E-state index in [-0.39, 0.29) is 10.8 Å². The number of nitrogens with two attached hydrogens (primary N) is 1. The van der Waals surface area contributed by atoms with Crippen LogP contribution in [0, 0.1) is 0 Å². The van der Waals surface area contributed by atoms with E-state index in [1.165, 1.54) is 22.5 Å². The first-order chi connectivity index (χ1) is 11.7. The van der Waals surface area contributed by atoms with E-state index < -0.39 is 0 Å². The lowest BCUT2D eigenvalue weighted by atomic mass is 9.87. The maximum Gasteiger partial charge on any atom is 0.134 e.